The fourth-order valence-electron chi connectivity index (χ4n) is 2.36. The van der Waals surface area contributed by atoms with Crippen LogP contribution in [0.5, 0.6) is 0 Å². The number of likely N-dealkylation sites (N-methyl/N-ethyl adjacent to an activating group) is 1. The lowest BCUT2D eigenvalue weighted by Crippen LogP contribution is -2.35. The second kappa shape index (κ2) is 7.97. The zero-order chi connectivity index (χ0) is 15.9. The molecule has 116 valence electrons. The van der Waals surface area contributed by atoms with E-state index in [1.54, 1.807) is 6.07 Å². The Morgan fingerprint density at radius 2 is 1.73 bits per heavy atom. The van der Waals surface area contributed by atoms with Crippen molar-refractivity contribution in [3.05, 3.63) is 70.7 Å². The molecule has 2 aromatic carbocycles. The molecular formula is C18H21ClN2O. The molecule has 22 heavy (non-hydrogen) atoms. The summed E-state index contributed by atoms with van der Waals surface area (Å²) in [5.41, 5.74) is 2.04. The largest absolute Gasteiger partial charge is 0.354 e. The normalized spacial score (nSPS) is 12.2. The first-order valence-electron chi connectivity index (χ1n) is 7.29. The predicted molar refractivity (Wildman–Crippen MR) is 91.0 cm³/mol. The van der Waals surface area contributed by atoms with Crippen LogP contribution in [-0.4, -0.2) is 31.4 Å². The number of amides is 1. The third-order valence-electron chi connectivity index (χ3n) is 3.61. The van der Waals surface area contributed by atoms with Crippen LogP contribution in [0, 0.1) is 0 Å². The molecule has 0 spiro atoms. The van der Waals surface area contributed by atoms with Crippen molar-refractivity contribution in [1.29, 1.82) is 0 Å². The van der Waals surface area contributed by atoms with Crippen molar-refractivity contribution in [3.8, 4) is 0 Å². The maximum Gasteiger partial charge on any atom is 0.224 e. The lowest BCUT2D eigenvalue weighted by atomic mass is 10.1. The standard InChI is InChI=1S/C18H21ClN2O/c1-21(2)17(14-8-4-3-5-9-14)13-20-18(22)12-15-10-6-7-11-16(15)19/h3-11,17H,12-13H2,1-2H3,(H,20,22)/t17-/m1/s1. The zero-order valence-electron chi connectivity index (χ0n) is 12.9. The fourth-order valence-corrected chi connectivity index (χ4v) is 2.56. The van der Waals surface area contributed by atoms with Gasteiger partial charge in [0.15, 0.2) is 0 Å². The summed E-state index contributed by atoms with van der Waals surface area (Å²) >= 11 is 6.09. The highest BCUT2D eigenvalue weighted by Crippen LogP contribution is 2.18. The first-order chi connectivity index (χ1) is 10.6. The molecule has 0 aromatic heterocycles. The highest BCUT2D eigenvalue weighted by Gasteiger charge is 2.15. The van der Waals surface area contributed by atoms with E-state index in [4.69, 9.17) is 11.6 Å². The van der Waals surface area contributed by atoms with E-state index in [2.05, 4.69) is 22.3 Å². The van der Waals surface area contributed by atoms with Crippen molar-refractivity contribution in [2.75, 3.05) is 20.6 Å². The molecule has 0 unspecified atom stereocenters. The Labute approximate surface area is 136 Å². The van der Waals surface area contributed by atoms with Crippen LogP contribution in [0.1, 0.15) is 17.2 Å². The van der Waals surface area contributed by atoms with Crippen LogP contribution in [0.4, 0.5) is 0 Å². The molecule has 0 aliphatic heterocycles. The molecular weight excluding hydrogens is 296 g/mol. The molecule has 2 aromatic rings. The Hall–Kier alpha value is -1.84. The van der Waals surface area contributed by atoms with Gasteiger partial charge in [0.25, 0.3) is 0 Å². The third-order valence-corrected chi connectivity index (χ3v) is 3.98. The lowest BCUT2D eigenvalue weighted by Gasteiger charge is -2.25. The van der Waals surface area contributed by atoms with E-state index in [-0.39, 0.29) is 11.9 Å². The van der Waals surface area contributed by atoms with E-state index in [0.717, 1.165) is 5.56 Å². The minimum atomic E-state index is -0.0177. The molecule has 0 fully saturated rings. The van der Waals surface area contributed by atoms with Gasteiger partial charge in [-0.2, -0.15) is 0 Å². The third kappa shape index (κ3) is 4.58. The maximum atomic E-state index is 12.1. The Morgan fingerprint density at radius 3 is 2.36 bits per heavy atom. The summed E-state index contributed by atoms with van der Waals surface area (Å²) in [5.74, 6) is -0.0177. The topological polar surface area (TPSA) is 32.3 Å². The lowest BCUT2D eigenvalue weighted by molar-refractivity contribution is -0.120. The summed E-state index contributed by atoms with van der Waals surface area (Å²) in [5, 5.41) is 3.63. The van der Waals surface area contributed by atoms with E-state index >= 15 is 0 Å². The summed E-state index contributed by atoms with van der Waals surface area (Å²) in [6.45, 7) is 0.570. The number of nitrogens with zero attached hydrogens (tertiary/aromatic N) is 1. The molecule has 0 radical (unpaired) electrons. The number of rotatable bonds is 6. The number of hydrogen-bond acceptors (Lipinski definition) is 2. The monoisotopic (exact) mass is 316 g/mol. The molecule has 0 aliphatic carbocycles. The van der Waals surface area contributed by atoms with Crippen LogP contribution in [-0.2, 0) is 11.2 Å². The van der Waals surface area contributed by atoms with Crippen molar-refractivity contribution in [2.45, 2.75) is 12.5 Å². The average Bonchev–Trinajstić information content (AvgIpc) is 2.50. The van der Waals surface area contributed by atoms with Gasteiger partial charge in [0.1, 0.15) is 0 Å². The highest BCUT2D eigenvalue weighted by atomic mass is 35.5. The van der Waals surface area contributed by atoms with Crippen LogP contribution in [0.25, 0.3) is 0 Å². The first kappa shape index (κ1) is 16.5. The number of benzene rings is 2. The van der Waals surface area contributed by atoms with Gasteiger partial charge in [0.05, 0.1) is 12.5 Å². The van der Waals surface area contributed by atoms with E-state index in [9.17, 15) is 4.79 Å². The van der Waals surface area contributed by atoms with Crippen LogP contribution in [0.2, 0.25) is 5.02 Å². The van der Waals surface area contributed by atoms with Gasteiger partial charge in [-0.1, -0.05) is 60.1 Å². The van der Waals surface area contributed by atoms with Gasteiger partial charge in [-0.3, -0.25) is 4.79 Å². The molecule has 1 amide bonds. The second-order valence-corrected chi connectivity index (χ2v) is 5.87. The molecule has 0 bridgehead atoms. The van der Waals surface area contributed by atoms with Crippen LogP contribution in [0.3, 0.4) is 0 Å². The molecule has 4 heteroatoms. The van der Waals surface area contributed by atoms with E-state index in [0.29, 0.717) is 18.0 Å². The van der Waals surface area contributed by atoms with Crippen molar-refractivity contribution in [3.63, 3.8) is 0 Å². The molecule has 0 saturated carbocycles. The minimum absolute atomic E-state index is 0.0177. The molecule has 0 aliphatic rings. The summed E-state index contributed by atoms with van der Waals surface area (Å²) in [7, 11) is 4.02. The maximum absolute atomic E-state index is 12.1. The number of nitrogens with one attached hydrogen (secondary N) is 1. The molecule has 2 rings (SSSR count). The van der Waals surface area contributed by atoms with Gasteiger partial charge in [0, 0.05) is 11.6 Å². The predicted octanol–water partition coefficient (Wildman–Crippen LogP) is 3.30. The minimum Gasteiger partial charge on any atom is -0.354 e. The van der Waals surface area contributed by atoms with Gasteiger partial charge in [-0.05, 0) is 31.3 Å². The van der Waals surface area contributed by atoms with Gasteiger partial charge < -0.3 is 10.2 Å². The van der Waals surface area contributed by atoms with E-state index < -0.39 is 0 Å². The quantitative estimate of drug-likeness (QED) is 0.887. The van der Waals surface area contributed by atoms with Gasteiger partial charge in [0.2, 0.25) is 5.91 Å². The second-order valence-electron chi connectivity index (χ2n) is 5.46. The highest BCUT2D eigenvalue weighted by molar-refractivity contribution is 6.31. The average molecular weight is 317 g/mol. The first-order valence-corrected chi connectivity index (χ1v) is 7.67. The Kier molecular flexibility index (Phi) is 5.99. The fraction of sp³-hybridized carbons (Fsp3) is 0.278. The molecule has 0 heterocycles. The number of halogens is 1. The van der Waals surface area contributed by atoms with Crippen molar-refractivity contribution < 1.29 is 4.79 Å². The summed E-state index contributed by atoms with van der Waals surface area (Å²) in [6, 6.07) is 17.7. The summed E-state index contributed by atoms with van der Waals surface area (Å²) in [6.07, 6.45) is 0.300. The Bertz CT molecular complexity index is 613. The van der Waals surface area contributed by atoms with Crippen molar-refractivity contribution in [1.82, 2.24) is 10.2 Å². The summed E-state index contributed by atoms with van der Waals surface area (Å²) < 4.78 is 0. The van der Waals surface area contributed by atoms with Gasteiger partial charge >= 0.3 is 0 Å². The van der Waals surface area contributed by atoms with Crippen LogP contribution >= 0.6 is 11.6 Å². The van der Waals surface area contributed by atoms with Crippen LogP contribution in [0.15, 0.2) is 54.6 Å². The van der Waals surface area contributed by atoms with E-state index in [1.165, 1.54) is 5.56 Å². The SMILES string of the molecule is CN(C)[C@H](CNC(=O)Cc1ccccc1Cl)c1ccccc1. The molecule has 1 atom stereocenters. The van der Waals surface area contributed by atoms with Gasteiger partial charge in [-0.25, -0.2) is 0 Å². The molecule has 3 nitrogen and oxygen atoms in total. The van der Waals surface area contributed by atoms with Crippen molar-refractivity contribution >= 4 is 17.5 Å². The van der Waals surface area contributed by atoms with Crippen LogP contribution < -0.4 is 5.32 Å². The smallest absolute Gasteiger partial charge is 0.224 e. The number of hydrogen-bond donors (Lipinski definition) is 1. The molecule has 0 saturated heterocycles. The van der Waals surface area contributed by atoms with Gasteiger partial charge in [-0.15, -0.1) is 0 Å². The number of carbonyl (C=O) groups is 1. The summed E-state index contributed by atoms with van der Waals surface area (Å²) in [4.78, 5) is 14.2. The van der Waals surface area contributed by atoms with E-state index in [1.807, 2.05) is 50.5 Å². The van der Waals surface area contributed by atoms with Crippen molar-refractivity contribution in [2.24, 2.45) is 0 Å². The Morgan fingerprint density at radius 1 is 1.09 bits per heavy atom. The molecule has 1 N–H and O–H groups in total. The Balaban J connectivity index is 1.95. The number of carbonyl (C=O) groups excluding carboxylic acids is 1. The zero-order valence-corrected chi connectivity index (χ0v) is 13.7.